The number of amides is 1. The highest BCUT2D eigenvalue weighted by Gasteiger charge is 2.31. The molecule has 0 aliphatic rings. The molecule has 9 heteroatoms. The van der Waals surface area contributed by atoms with Gasteiger partial charge < -0.3 is 14.8 Å². The van der Waals surface area contributed by atoms with Gasteiger partial charge in [-0.1, -0.05) is 12.1 Å². The lowest BCUT2D eigenvalue weighted by molar-refractivity contribution is -0.274. The van der Waals surface area contributed by atoms with Gasteiger partial charge in [0.05, 0.1) is 11.9 Å². The third kappa shape index (κ3) is 8.07. The third-order valence-electron chi connectivity index (χ3n) is 3.59. The quantitative estimate of drug-likeness (QED) is 0.510. The minimum Gasteiger partial charge on any atom is -0.406 e. The summed E-state index contributed by atoms with van der Waals surface area (Å²) < 4.78 is 42.2. The number of carbonyl (C=O) groups is 2. The second-order valence-electron chi connectivity index (χ2n) is 6.09. The molecule has 150 valence electrons. The number of aromatic nitrogens is 2. The Balaban J connectivity index is 1.85. The fourth-order valence-corrected chi connectivity index (χ4v) is 2.37. The molecule has 0 atom stereocenters. The SMILES string of the molecule is CC(=O)CCCCn1cc(NC(=O)C=Cc2cccc(OC(F)(F)F)c2)cn1. The summed E-state index contributed by atoms with van der Waals surface area (Å²) in [4.78, 5) is 22.9. The van der Waals surface area contributed by atoms with Crippen molar-refractivity contribution in [3.63, 3.8) is 0 Å². The highest BCUT2D eigenvalue weighted by molar-refractivity contribution is 6.01. The lowest BCUT2D eigenvalue weighted by Gasteiger charge is -2.08. The fourth-order valence-electron chi connectivity index (χ4n) is 2.37. The molecule has 1 heterocycles. The molecule has 0 aliphatic heterocycles. The van der Waals surface area contributed by atoms with E-state index in [1.54, 1.807) is 23.9 Å². The van der Waals surface area contributed by atoms with Crippen molar-refractivity contribution in [2.75, 3.05) is 5.32 Å². The van der Waals surface area contributed by atoms with E-state index in [2.05, 4.69) is 15.2 Å². The van der Waals surface area contributed by atoms with Gasteiger partial charge in [0.15, 0.2) is 0 Å². The van der Waals surface area contributed by atoms with Gasteiger partial charge in [0, 0.05) is 25.2 Å². The van der Waals surface area contributed by atoms with Crippen LogP contribution in [0.15, 0.2) is 42.7 Å². The number of nitrogens with one attached hydrogen (secondary N) is 1. The first-order valence-corrected chi connectivity index (χ1v) is 8.58. The Kier molecular flexibility index (Phi) is 7.36. The molecule has 0 saturated carbocycles. The van der Waals surface area contributed by atoms with E-state index < -0.39 is 12.3 Å². The molecular weight excluding hydrogens is 375 g/mol. The van der Waals surface area contributed by atoms with E-state index >= 15 is 0 Å². The van der Waals surface area contributed by atoms with Crippen molar-refractivity contribution < 1.29 is 27.5 Å². The van der Waals surface area contributed by atoms with Crippen molar-refractivity contribution in [2.24, 2.45) is 0 Å². The fraction of sp³-hybridized carbons (Fsp3) is 0.316. The number of hydrogen-bond donors (Lipinski definition) is 1. The summed E-state index contributed by atoms with van der Waals surface area (Å²) in [6, 6.07) is 5.30. The number of benzene rings is 1. The van der Waals surface area contributed by atoms with E-state index in [-0.39, 0.29) is 11.5 Å². The molecule has 6 nitrogen and oxygen atoms in total. The summed E-state index contributed by atoms with van der Waals surface area (Å²) in [5, 5.41) is 6.74. The van der Waals surface area contributed by atoms with Gasteiger partial charge in [-0.05, 0) is 43.5 Å². The molecule has 0 aliphatic carbocycles. The molecule has 0 spiro atoms. The first-order valence-electron chi connectivity index (χ1n) is 8.58. The third-order valence-corrected chi connectivity index (χ3v) is 3.59. The molecule has 0 saturated heterocycles. The highest BCUT2D eigenvalue weighted by Crippen LogP contribution is 2.23. The van der Waals surface area contributed by atoms with Crippen molar-refractivity contribution in [1.82, 2.24) is 9.78 Å². The van der Waals surface area contributed by atoms with Crippen LogP contribution in [0, 0.1) is 0 Å². The normalized spacial score (nSPS) is 11.6. The molecule has 1 aromatic carbocycles. The monoisotopic (exact) mass is 395 g/mol. The minimum atomic E-state index is -4.77. The Bertz CT molecular complexity index is 844. The first-order chi connectivity index (χ1) is 13.2. The summed E-state index contributed by atoms with van der Waals surface area (Å²) in [5.41, 5.74) is 0.883. The maximum Gasteiger partial charge on any atom is 0.573 e. The molecule has 0 fully saturated rings. The molecule has 0 bridgehead atoms. The van der Waals surface area contributed by atoms with Crippen LogP contribution in [0.5, 0.6) is 5.75 Å². The Morgan fingerprint density at radius 1 is 1.29 bits per heavy atom. The van der Waals surface area contributed by atoms with Gasteiger partial charge in [-0.25, -0.2) is 0 Å². The zero-order valence-electron chi connectivity index (χ0n) is 15.2. The highest BCUT2D eigenvalue weighted by atomic mass is 19.4. The number of Topliss-reactive ketones (excluding diaryl/α,β-unsaturated/α-hetero) is 1. The van der Waals surface area contributed by atoms with Gasteiger partial charge in [-0.2, -0.15) is 5.10 Å². The van der Waals surface area contributed by atoms with Crippen molar-refractivity contribution in [1.29, 1.82) is 0 Å². The number of ketones is 1. The number of nitrogens with zero attached hydrogens (tertiary/aromatic N) is 2. The van der Waals surface area contributed by atoms with E-state index in [0.29, 0.717) is 24.2 Å². The van der Waals surface area contributed by atoms with Gasteiger partial charge in [0.2, 0.25) is 5.91 Å². The largest absolute Gasteiger partial charge is 0.573 e. The average Bonchev–Trinajstić information content (AvgIpc) is 3.03. The smallest absolute Gasteiger partial charge is 0.406 e. The van der Waals surface area contributed by atoms with E-state index in [0.717, 1.165) is 12.8 Å². The second kappa shape index (κ2) is 9.72. The molecule has 2 rings (SSSR count). The number of ether oxygens (including phenoxy) is 1. The number of aryl methyl sites for hydroxylation is 1. The van der Waals surface area contributed by atoms with E-state index in [9.17, 15) is 22.8 Å². The summed E-state index contributed by atoms with van der Waals surface area (Å²) in [5.74, 6) is -0.657. The van der Waals surface area contributed by atoms with Crippen LogP contribution in [0.3, 0.4) is 0 Å². The maximum atomic E-state index is 12.2. The Morgan fingerprint density at radius 3 is 2.79 bits per heavy atom. The van der Waals surface area contributed by atoms with Crippen molar-refractivity contribution in [3.8, 4) is 5.75 Å². The number of anilines is 1. The zero-order chi connectivity index (χ0) is 20.6. The van der Waals surface area contributed by atoms with Crippen LogP contribution < -0.4 is 10.1 Å². The van der Waals surface area contributed by atoms with Crippen LogP contribution in [0.1, 0.15) is 31.7 Å². The average molecular weight is 395 g/mol. The van der Waals surface area contributed by atoms with Crippen LogP contribution in [0.4, 0.5) is 18.9 Å². The Hall–Kier alpha value is -3.10. The van der Waals surface area contributed by atoms with Gasteiger partial charge in [-0.15, -0.1) is 13.2 Å². The molecular formula is C19H20F3N3O3. The van der Waals surface area contributed by atoms with E-state index in [1.165, 1.54) is 36.5 Å². The van der Waals surface area contributed by atoms with Crippen LogP contribution in [0.25, 0.3) is 6.08 Å². The molecule has 2 aromatic rings. The first kappa shape index (κ1) is 21.2. The van der Waals surface area contributed by atoms with Crippen molar-refractivity contribution >= 4 is 23.5 Å². The lowest BCUT2D eigenvalue weighted by atomic mass is 10.2. The Labute approximate surface area is 160 Å². The van der Waals surface area contributed by atoms with Gasteiger partial charge in [0.25, 0.3) is 0 Å². The van der Waals surface area contributed by atoms with E-state index in [4.69, 9.17) is 0 Å². The topological polar surface area (TPSA) is 73.2 Å². The van der Waals surface area contributed by atoms with Gasteiger partial charge >= 0.3 is 6.36 Å². The summed E-state index contributed by atoms with van der Waals surface area (Å²) in [6.45, 7) is 2.18. The minimum absolute atomic E-state index is 0.149. The molecule has 1 aromatic heterocycles. The van der Waals surface area contributed by atoms with Crippen LogP contribution in [-0.4, -0.2) is 27.8 Å². The number of carbonyl (C=O) groups excluding carboxylic acids is 2. The standard InChI is InChI=1S/C19H20F3N3O3/c1-14(26)5-2-3-10-25-13-16(12-23-25)24-18(27)9-8-15-6-4-7-17(11-15)28-19(20,21)22/h4,6-9,11-13H,2-3,5,10H2,1H3,(H,24,27). The molecule has 0 radical (unpaired) electrons. The van der Waals surface area contributed by atoms with Gasteiger partial charge in [-0.3, -0.25) is 9.48 Å². The second-order valence-corrected chi connectivity index (χ2v) is 6.09. The van der Waals surface area contributed by atoms with Crippen LogP contribution in [-0.2, 0) is 16.1 Å². The number of hydrogen-bond acceptors (Lipinski definition) is 4. The van der Waals surface area contributed by atoms with Crippen LogP contribution in [0.2, 0.25) is 0 Å². The van der Waals surface area contributed by atoms with Crippen molar-refractivity contribution in [2.45, 2.75) is 39.1 Å². The van der Waals surface area contributed by atoms with Crippen molar-refractivity contribution in [3.05, 3.63) is 48.3 Å². The number of alkyl halides is 3. The zero-order valence-corrected chi connectivity index (χ0v) is 15.2. The summed E-state index contributed by atoms with van der Waals surface area (Å²) in [6.07, 6.45) is 3.08. The number of unbranched alkanes of at least 4 members (excludes halogenated alkanes) is 1. The predicted octanol–water partition coefficient (Wildman–Crippen LogP) is 4.19. The van der Waals surface area contributed by atoms with E-state index in [1.807, 2.05) is 0 Å². The number of rotatable bonds is 9. The van der Waals surface area contributed by atoms with Crippen LogP contribution >= 0.6 is 0 Å². The predicted molar refractivity (Wildman–Crippen MR) is 97.5 cm³/mol. The maximum absolute atomic E-state index is 12.2. The lowest BCUT2D eigenvalue weighted by Crippen LogP contribution is -2.17. The summed E-state index contributed by atoms with van der Waals surface area (Å²) in [7, 11) is 0. The molecule has 0 unspecified atom stereocenters. The number of halogens is 3. The molecule has 1 amide bonds. The van der Waals surface area contributed by atoms with Gasteiger partial charge in [0.1, 0.15) is 11.5 Å². The molecule has 1 N–H and O–H groups in total. The molecule has 28 heavy (non-hydrogen) atoms. The Morgan fingerprint density at radius 2 is 2.07 bits per heavy atom. The summed E-state index contributed by atoms with van der Waals surface area (Å²) >= 11 is 0.